The number of halogens is 3. The second kappa shape index (κ2) is 6.60. The van der Waals surface area contributed by atoms with Crippen LogP contribution in [0, 0.1) is 0 Å². The van der Waals surface area contributed by atoms with Gasteiger partial charge in [0.2, 0.25) is 0 Å². The van der Waals surface area contributed by atoms with E-state index in [0.29, 0.717) is 5.69 Å². The van der Waals surface area contributed by atoms with Crippen molar-refractivity contribution in [3.8, 4) is 5.75 Å². The Morgan fingerprint density at radius 2 is 1.76 bits per heavy atom. The predicted molar refractivity (Wildman–Crippen MR) is 70.8 cm³/mol. The molecule has 0 saturated carbocycles. The molecule has 0 radical (unpaired) electrons. The summed E-state index contributed by atoms with van der Waals surface area (Å²) in [5.74, 6) is -0.195. The molecule has 0 saturated heterocycles. The molecule has 0 fully saturated rings. The van der Waals surface area contributed by atoms with Crippen molar-refractivity contribution >= 4 is 5.69 Å². The zero-order valence-electron chi connectivity index (χ0n) is 11.4. The highest BCUT2D eigenvalue weighted by Crippen LogP contribution is 2.37. The fourth-order valence-corrected chi connectivity index (χ4v) is 1.84. The lowest BCUT2D eigenvalue weighted by Crippen LogP contribution is -2.75. The first-order valence-electron chi connectivity index (χ1n) is 6.24. The summed E-state index contributed by atoms with van der Waals surface area (Å²) in [4.78, 5) is 4.73. The van der Waals surface area contributed by atoms with Gasteiger partial charge in [0.05, 0.1) is 7.11 Å². The van der Waals surface area contributed by atoms with E-state index in [4.69, 9.17) is 9.57 Å². The summed E-state index contributed by atoms with van der Waals surface area (Å²) in [5, 5.41) is 0. The van der Waals surface area contributed by atoms with Crippen LogP contribution in [0.2, 0.25) is 0 Å². The van der Waals surface area contributed by atoms with Crippen molar-refractivity contribution in [1.29, 1.82) is 0 Å². The van der Waals surface area contributed by atoms with Gasteiger partial charge in [0.1, 0.15) is 17.9 Å². The number of hydrogen-bond donors (Lipinski definition) is 1. The summed E-state index contributed by atoms with van der Waals surface area (Å²) in [5.41, 5.74) is 1.57. The molecular weight excluding hydrogens is 283 g/mol. The van der Waals surface area contributed by atoms with Gasteiger partial charge >= 0.3 is 6.18 Å². The van der Waals surface area contributed by atoms with Gasteiger partial charge in [0.15, 0.2) is 5.69 Å². The van der Waals surface area contributed by atoms with Crippen LogP contribution in [0.25, 0.3) is 0 Å². The van der Waals surface area contributed by atoms with Crippen molar-refractivity contribution in [2.24, 2.45) is 0 Å². The first-order valence-corrected chi connectivity index (χ1v) is 6.24. The Bertz CT molecular complexity index is 585. The van der Waals surface area contributed by atoms with E-state index in [1.807, 2.05) is 6.07 Å². The lowest BCUT2D eigenvalue weighted by molar-refractivity contribution is -0.830. The highest BCUT2D eigenvalue weighted by molar-refractivity contribution is 5.44. The summed E-state index contributed by atoms with van der Waals surface area (Å²) in [7, 11) is 1.38. The zero-order chi connectivity index (χ0) is 15.3. The molecule has 0 aliphatic carbocycles. The number of quaternary nitrogens is 1. The fraction of sp³-hybridized carbons (Fsp3) is 0.200. The van der Waals surface area contributed by atoms with E-state index in [1.54, 1.807) is 24.3 Å². The average molecular weight is 298 g/mol. The van der Waals surface area contributed by atoms with Gasteiger partial charge in [-0.05, 0) is 11.6 Å². The average Bonchev–Trinajstić information content (AvgIpc) is 2.46. The van der Waals surface area contributed by atoms with Gasteiger partial charge in [-0.1, -0.05) is 30.3 Å². The molecule has 2 aromatic rings. The van der Waals surface area contributed by atoms with Crippen LogP contribution in [0.4, 0.5) is 18.9 Å². The minimum absolute atomic E-state index is 0.0806. The maximum atomic E-state index is 13.1. The molecule has 2 rings (SSSR count). The van der Waals surface area contributed by atoms with Gasteiger partial charge in [0.25, 0.3) is 0 Å². The molecule has 2 aromatic carbocycles. The summed E-state index contributed by atoms with van der Waals surface area (Å²) in [6, 6.07) is 12.8. The first-order chi connectivity index (χ1) is 10.0. The number of ether oxygens (including phenoxy) is 1. The Kier molecular flexibility index (Phi) is 4.82. The molecule has 0 bridgehead atoms. The largest absolute Gasteiger partial charge is 0.488 e. The molecule has 112 valence electrons. The monoisotopic (exact) mass is 298 g/mol. The Morgan fingerprint density at radius 3 is 2.38 bits per heavy atom. The molecule has 0 amide bonds. The van der Waals surface area contributed by atoms with Gasteiger partial charge in [0, 0.05) is 12.1 Å². The summed E-state index contributed by atoms with van der Waals surface area (Å²) < 4.78 is 44.5. The fourth-order valence-electron chi connectivity index (χ4n) is 1.84. The van der Waals surface area contributed by atoms with E-state index in [1.165, 1.54) is 24.7 Å². The molecule has 2 N–H and O–H groups in total. The Labute approximate surface area is 120 Å². The van der Waals surface area contributed by atoms with Gasteiger partial charge in [-0.25, -0.2) is 4.84 Å². The van der Waals surface area contributed by atoms with Crippen LogP contribution < -0.4 is 10.2 Å². The highest BCUT2D eigenvalue weighted by Gasteiger charge is 2.35. The van der Waals surface area contributed by atoms with E-state index in [0.717, 1.165) is 11.6 Å². The normalized spacial score (nSPS) is 11.4. The predicted octanol–water partition coefficient (Wildman–Crippen LogP) is 3.04. The third-order valence-electron chi connectivity index (χ3n) is 2.80. The third kappa shape index (κ3) is 4.21. The number of alkyl halides is 3. The van der Waals surface area contributed by atoms with Crippen molar-refractivity contribution in [1.82, 2.24) is 0 Å². The van der Waals surface area contributed by atoms with Crippen LogP contribution in [-0.4, -0.2) is 7.11 Å². The van der Waals surface area contributed by atoms with Crippen LogP contribution in [-0.2, 0) is 17.6 Å². The number of nitrogens with two attached hydrogens (primary N) is 1. The van der Waals surface area contributed by atoms with Gasteiger partial charge < -0.3 is 4.74 Å². The first kappa shape index (κ1) is 15.3. The van der Waals surface area contributed by atoms with Crippen LogP contribution >= 0.6 is 0 Å². The Balaban J connectivity index is 2.21. The molecule has 3 nitrogen and oxygen atoms in total. The smallest absolute Gasteiger partial charge is 0.420 e. The van der Waals surface area contributed by atoms with E-state index >= 15 is 0 Å². The van der Waals surface area contributed by atoms with Crippen molar-refractivity contribution in [3.05, 3.63) is 59.7 Å². The SMILES string of the molecule is CO[NH2+]c1ccc(OCc2ccccc2)c(C(F)(F)F)c1. The number of benzene rings is 2. The molecule has 0 atom stereocenters. The van der Waals surface area contributed by atoms with Crippen LogP contribution in [0.15, 0.2) is 48.5 Å². The molecule has 0 aliphatic rings. The molecule has 6 heteroatoms. The number of rotatable bonds is 5. The van der Waals surface area contributed by atoms with Crippen molar-refractivity contribution < 1.29 is 28.2 Å². The van der Waals surface area contributed by atoms with E-state index in [9.17, 15) is 13.2 Å². The highest BCUT2D eigenvalue weighted by atomic mass is 19.4. The van der Waals surface area contributed by atoms with Crippen molar-refractivity contribution in [2.45, 2.75) is 12.8 Å². The lowest BCUT2D eigenvalue weighted by atomic mass is 10.1. The van der Waals surface area contributed by atoms with Gasteiger partial charge in [-0.3, -0.25) is 0 Å². The molecule has 0 aliphatic heterocycles. The van der Waals surface area contributed by atoms with Gasteiger partial charge in [-0.2, -0.15) is 18.7 Å². The molecule has 0 heterocycles. The molecule has 0 spiro atoms. The van der Waals surface area contributed by atoms with Crippen LogP contribution in [0.1, 0.15) is 11.1 Å². The number of hydrogen-bond acceptors (Lipinski definition) is 2. The minimum Gasteiger partial charge on any atom is -0.488 e. The van der Waals surface area contributed by atoms with E-state index < -0.39 is 11.7 Å². The standard InChI is InChI=1S/C15H14F3NO2/c1-20-19-12-7-8-14(13(9-12)15(16,17)18)21-10-11-5-3-2-4-6-11/h2-9,19H,10H2,1H3/p+1. The molecule has 21 heavy (non-hydrogen) atoms. The lowest BCUT2D eigenvalue weighted by Gasteiger charge is -2.14. The zero-order valence-corrected chi connectivity index (χ0v) is 11.4. The second-order valence-corrected chi connectivity index (χ2v) is 4.38. The van der Waals surface area contributed by atoms with Crippen molar-refractivity contribution in [3.63, 3.8) is 0 Å². The Morgan fingerprint density at radius 1 is 1.05 bits per heavy atom. The molecular formula is C15H15F3NO2+. The minimum atomic E-state index is -4.48. The maximum Gasteiger partial charge on any atom is 0.420 e. The second-order valence-electron chi connectivity index (χ2n) is 4.38. The Hall–Kier alpha value is -2.05. The quantitative estimate of drug-likeness (QED) is 0.680. The summed E-state index contributed by atoms with van der Waals surface area (Å²) in [6.07, 6.45) is -4.48. The van der Waals surface area contributed by atoms with Crippen molar-refractivity contribution in [2.75, 3.05) is 7.11 Å². The van der Waals surface area contributed by atoms with E-state index in [2.05, 4.69) is 0 Å². The van der Waals surface area contributed by atoms with Crippen LogP contribution in [0.3, 0.4) is 0 Å². The van der Waals surface area contributed by atoms with Crippen LogP contribution in [0.5, 0.6) is 5.75 Å². The van der Waals surface area contributed by atoms with E-state index in [-0.39, 0.29) is 12.4 Å². The van der Waals surface area contributed by atoms with Gasteiger partial charge in [-0.15, -0.1) is 0 Å². The maximum absolute atomic E-state index is 13.1. The molecule has 0 aromatic heterocycles. The topological polar surface area (TPSA) is 35.1 Å². The third-order valence-corrected chi connectivity index (χ3v) is 2.80. The summed E-state index contributed by atoms with van der Waals surface area (Å²) in [6.45, 7) is 0.0806. The molecule has 0 unspecified atom stereocenters. The summed E-state index contributed by atoms with van der Waals surface area (Å²) >= 11 is 0.